The molecule has 0 saturated carbocycles. The Morgan fingerprint density at radius 2 is 1.94 bits per heavy atom. The van der Waals surface area contributed by atoms with Gasteiger partial charge >= 0.3 is 0 Å². The van der Waals surface area contributed by atoms with Crippen molar-refractivity contribution in [1.82, 2.24) is 15.2 Å². The minimum Gasteiger partial charge on any atom is -0.494 e. The third-order valence-electron chi connectivity index (χ3n) is 5.12. The first-order valence-corrected chi connectivity index (χ1v) is 12.0. The molecule has 0 fully saturated rings. The second kappa shape index (κ2) is 9.79. The molecule has 2 aromatic carbocycles. The molecule has 0 bridgehead atoms. The summed E-state index contributed by atoms with van der Waals surface area (Å²) >= 11 is 1.54. The number of anilines is 1. The van der Waals surface area contributed by atoms with E-state index in [9.17, 15) is 4.79 Å². The van der Waals surface area contributed by atoms with Gasteiger partial charge in [0.25, 0.3) is 0 Å². The number of aryl methyl sites for hydroxylation is 1. The maximum atomic E-state index is 12.9. The topological polar surface area (TPSA) is 77.4 Å². The second-order valence-corrected chi connectivity index (χ2v) is 9.32. The van der Waals surface area contributed by atoms with Gasteiger partial charge in [-0.15, -0.1) is 10.2 Å². The van der Waals surface area contributed by atoms with E-state index >= 15 is 0 Å². The highest BCUT2D eigenvalue weighted by Gasteiger charge is 2.34. The number of thioether (sulfide) groups is 1. The smallest absolute Gasteiger partial charge is 0.247 e. The van der Waals surface area contributed by atoms with E-state index in [0.29, 0.717) is 34.9 Å². The van der Waals surface area contributed by atoms with Crippen molar-refractivity contribution < 1.29 is 14.3 Å². The van der Waals surface area contributed by atoms with Gasteiger partial charge in [-0.25, -0.2) is 0 Å². The summed E-state index contributed by atoms with van der Waals surface area (Å²) in [5, 5.41) is 9.37. The summed E-state index contributed by atoms with van der Waals surface area (Å²) in [6.45, 7) is 10.4. The Morgan fingerprint density at radius 1 is 1.18 bits per heavy atom. The molecule has 1 aliphatic rings. The molecule has 0 N–H and O–H groups in total. The third kappa shape index (κ3) is 4.95. The van der Waals surface area contributed by atoms with Crippen molar-refractivity contribution >= 4 is 23.4 Å². The highest BCUT2D eigenvalue weighted by molar-refractivity contribution is 7.99. The predicted molar refractivity (Wildman–Crippen MR) is 130 cm³/mol. The number of hydrogen-bond donors (Lipinski definition) is 0. The van der Waals surface area contributed by atoms with Crippen LogP contribution in [0.25, 0.3) is 11.3 Å². The Bertz CT molecular complexity index is 1150. The molecule has 8 heteroatoms. The maximum Gasteiger partial charge on any atom is 0.247 e. The molecule has 1 aliphatic heterocycles. The fourth-order valence-corrected chi connectivity index (χ4v) is 4.36. The minimum absolute atomic E-state index is 0.144. The highest BCUT2D eigenvalue weighted by atomic mass is 32.2. The highest BCUT2D eigenvalue weighted by Crippen LogP contribution is 2.44. The quantitative estimate of drug-likeness (QED) is 0.450. The number of rotatable bonds is 6. The molecule has 0 unspecified atom stereocenters. The van der Waals surface area contributed by atoms with Crippen molar-refractivity contribution in [3.05, 3.63) is 53.6 Å². The van der Waals surface area contributed by atoms with Gasteiger partial charge in [-0.05, 0) is 56.2 Å². The molecular formula is C25H28N4O3S. The van der Waals surface area contributed by atoms with Crippen molar-refractivity contribution in [1.29, 1.82) is 0 Å². The molecule has 0 aliphatic carbocycles. The fourth-order valence-electron chi connectivity index (χ4n) is 3.63. The van der Waals surface area contributed by atoms with Crippen LogP contribution in [0.2, 0.25) is 0 Å². The van der Waals surface area contributed by atoms with Gasteiger partial charge < -0.3 is 9.47 Å². The molecule has 7 nitrogen and oxygen atoms in total. The molecule has 3 aromatic rings. The Hall–Kier alpha value is -3.13. The lowest BCUT2D eigenvalue weighted by molar-refractivity contribution is -0.118. The van der Waals surface area contributed by atoms with Gasteiger partial charge in [0.15, 0.2) is 5.69 Å². The van der Waals surface area contributed by atoms with Gasteiger partial charge in [0.2, 0.25) is 23.2 Å². The normalized spacial score (nSPS) is 14.8. The van der Waals surface area contributed by atoms with Crippen LogP contribution in [0, 0.1) is 12.8 Å². The van der Waals surface area contributed by atoms with Crippen molar-refractivity contribution in [2.75, 3.05) is 17.3 Å². The lowest BCUT2D eigenvalue weighted by atomic mass is 10.0. The standard InChI is InChI=1S/C25H28N4O3S/c1-6-31-19-10-8-18(9-11-19)24-29(17(5)30)21-12-7-16(4)13-20(21)22-23(32-24)26-25(28-27-22)33-14-15(2)3/h7-13,15,24H,6,14H2,1-5H3/t24-/m1/s1. The minimum atomic E-state index is -0.708. The Labute approximate surface area is 198 Å². The Kier molecular flexibility index (Phi) is 6.83. The largest absolute Gasteiger partial charge is 0.494 e. The van der Waals surface area contributed by atoms with E-state index < -0.39 is 6.23 Å². The number of carbonyl (C=O) groups excluding carboxylic acids is 1. The van der Waals surface area contributed by atoms with E-state index in [4.69, 9.17) is 14.5 Å². The van der Waals surface area contributed by atoms with Gasteiger partial charge in [0.05, 0.1) is 12.3 Å². The zero-order valence-corrected chi connectivity index (χ0v) is 20.3. The first kappa shape index (κ1) is 23.0. The number of carbonyl (C=O) groups is 1. The molecule has 1 aromatic heterocycles. The molecule has 2 heterocycles. The molecule has 172 valence electrons. The van der Waals surface area contributed by atoms with Crippen LogP contribution in [-0.2, 0) is 4.79 Å². The van der Waals surface area contributed by atoms with Crippen LogP contribution in [0.5, 0.6) is 11.6 Å². The van der Waals surface area contributed by atoms with Gasteiger partial charge in [-0.1, -0.05) is 37.2 Å². The van der Waals surface area contributed by atoms with Crippen molar-refractivity contribution in [3.8, 4) is 22.9 Å². The van der Waals surface area contributed by atoms with Crippen LogP contribution >= 0.6 is 11.8 Å². The van der Waals surface area contributed by atoms with E-state index in [2.05, 4.69) is 24.0 Å². The van der Waals surface area contributed by atoms with Crippen LogP contribution in [0.4, 0.5) is 5.69 Å². The summed E-state index contributed by atoms with van der Waals surface area (Å²) in [4.78, 5) is 19.3. The summed E-state index contributed by atoms with van der Waals surface area (Å²) in [7, 11) is 0. The molecule has 0 radical (unpaired) electrons. The molecule has 4 rings (SSSR count). The first-order valence-electron chi connectivity index (χ1n) is 11.0. The maximum absolute atomic E-state index is 12.9. The van der Waals surface area contributed by atoms with E-state index in [1.807, 2.05) is 56.3 Å². The first-order chi connectivity index (χ1) is 15.9. The number of ether oxygens (including phenoxy) is 2. The van der Waals surface area contributed by atoms with Gasteiger partial charge in [-0.2, -0.15) is 4.98 Å². The number of benzene rings is 2. The lowest BCUT2D eigenvalue weighted by Crippen LogP contribution is -2.36. The van der Waals surface area contributed by atoms with E-state index in [0.717, 1.165) is 28.2 Å². The summed E-state index contributed by atoms with van der Waals surface area (Å²) in [5.41, 5.74) is 3.87. The molecule has 0 spiro atoms. The Morgan fingerprint density at radius 3 is 2.61 bits per heavy atom. The van der Waals surface area contributed by atoms with Gasteiger partial charge in [0.1, 0.15) is 5.75 Å². The third-order valence-corrected chi connectivity index (χ3v) is 6.39. The van der Waals surface area contributed by atoms with E-state index in [1.54, 1.807) is 16.7 Å². The average molecular weight is 465 g/mol. The van der Waals surface area contributed by atoms with E-state index in [-0.39, 0.29) is 5.91 Å². The van der Waals surface area contributed by atoms with Crippen LogP contribution in [-0.4, -0.2) is 33.4 Å². The molecular weight excluding hydrogens is 436 g/mol. The van der Waals surface area contributed by atoms with Crippen molar-refractivity contribution in [2.45, 2.75) is 46.0 Å². The van der Waals surface area contributed by atoms with Crippen molar-refractivity contribution in [2.24, 2.45) is 5.92 Å². The SMILES string of the molecule is CCOc1ccc([C@H]2Oc3nc(SCC(C)C)nnc3-c3cc(C)ccc3N2C(C)=O)cc1. The van der Waals surface area contributed by atoms with Crippen molar-refractivity contribution in [3.63, 3.8) is 0 Å². The summed E-state index contributed by atoms with van der Waals surface area (Å²) < 4.78 is 12.0. The summed E-state index contributed by atoms with van der Waals surface area (Å²) in [6.07, 6.45) is -0.708. The molecule has 0 saturated heterocycles. The molecule has 33 heavy (non-hydrogen) atoms. The number of hydrogen-bond acceptors (Lipinski definition) is 7. The average Bonchev–Trinajstić information content (AvgIpc) is 2.92. The zero-order chi connectivity index (χ0) is 23.5. The Balaban J connectivity index is 1.85. The number of aromatic nitrogens is 3. The zero-order valence-electron chi connectivity index (χ0n) is 19.5. The van der Waals surface area contributed by atoms with E-state index in [1.165, 1.54) is 6.92 Å². The molecule has 1 atom stereocenters. The molecule has 1 amide bonds. The van der Waals surface area contributed by atoms with Crippen LogP contribution in [0.3, 0.4) is 0 Å². The van der Waals surface area contributed by atoms with Crippen LogP contribution in [0.15, 0.2) is 47.6 Å². The fraction of sp³-hybridized carbons (Fsp3) is 0.360. The lowest BCUT2D eigenvalue weighted by Gasteiger charge is -2.30. The summed E-state index contributed by atoms with van der Waals surface area (Å²) in [5.74, 6) is 2.35. The number of fused-ring (bicyclic) bond motifs is 3. The van der Waals surface area contributed by atoms with Crippen LogP contribution in [0.1, 0.15) is 45.0 Å². The monoisotopic (exact) mass is 464 g/mol. The van der Waals surface area contributed by atoms with Gasteiger partial charge in [-0.3, -0.25) is 9.69 Å². The number of nitrogens with zero attached hydrogens (tertiary/aromatic N) is 4. The number of amides is 1. The summed E-state index contributed by atoms with van der Waals surface area (Å²) in [6, 6.07) is 13.5. The van der Waals surface area contributed by atoms with Crippen LogP contribution < -0.4 is 14.4 Å². The predicted octanol–water partition coefficient (Wildman–Crippen LogP) is 5.44. The van der Waals surface area contributed by atoms with Gasteiger partial charge in [0, 0.05) is 23.8 Å². The second-order valence-electron chi connectivity index (χ2n) is 8.33.